The fourth-order valence-corrected chi connectivity index (χ4v) is 3.99. The van der Waals surface area contributed by atoms with E-state index < -0.39 is 9.92 Å². The third-order valence-electron chi connectivity index (χ3n) is 3.31. The van der Waals surface area contributed by atoms with Crippen molar-refractivity contribution in [2.24, 2.45) is 10.3 Å². The van der Waals surface area contributed by atoms with E-state index in [9.17, 15) is 9.32 Å². The minimum Gasteiger partial charge on any atom is -0.394 e. The summed E-state index contributed by atoms with van der Waals surface area (Å²) in [4.78, 5) is 0.717. The maximum atomic E-state index is 13.5. The third kappa shape index (κ3) is 3.59. The molecule has 1 rings (SSSR count). The summed E-state index contributed by atoms with van der Waals surface area (Å²) in [5.74, 6) is 0.151. The number of rotatable bonds is 5. The van der Waals surface area contributed by atoms with Gasteiger partial charge in [-0.1, -0.05) is 31.5 Å². The fraction of sp³-hybridized carbons (Fsp3) is 0.600. The molecule has 2 atom stereocenters. The van der Waals surface area contributed by atoms with Crippen molar-refractivity contribution >= 4 is 9.92 Å². The summed E-state index contributed by atoms with van der Waals surface area (Å²) in [5.41, 5.74) is 1.12. The Morgan fingerprint density at radius 2 is 1.70 bits per heavy atom. The smallest absolute Gasteiger partial charge is 0.224 e. The van der Waals surface area contributed by atoms with Crippen LogP contribution in [-0.2, 0) is 9.92 Å². The highest BCUT2D eigenvalue weighted by Gasteiger charge is 2.30. The predicted molar refractivity (Wildman–Crippen MR) is 83.8 cm³/mol. The highest BCUT2D eigenvalue weighted by molar-refractivity contribution is 7.88. The highest BCUT2D eigenvalue weighted by atomic mass is 32.2. The molecule has 0 amide bonds. The van der Waals surface area contributed by atoms with Gasteiger partial charge in [-0.2, -0.15) is 8.57 Å². The van der Waals surface area contributed by atoms with Gasteiger partial charge < -0.3 is 5.11 Å². The molecule has 5 heteroatoms. The first-order valence-electron chi connectivity index (χ1n) is 6.87. The van der Waals surface area contributed by atoms with Crippen molar-refractivity contribution in [2.75, 3.05) is 27.7 Å². The number of aliphatic hydroxyl groups is 1. The summed E-state index contributed by atoms with van der Waals surface area (Å²) >= 11 is 0. The van der Waals surface area contributed by atoms with Gasteiger partial charge in [-0.25, -0.2) is 3.89 Å². The molecule has 0 saturated carbocycles. The number of aryl methyl sites for hydroxylation is 1. The van der Waals surface area contributed by atoms with Crippen molar-refractivity contribution in [1.82, 2.24) is 0 Å². The molecule has 0 aliphatic carbocycles. The Hall–Kier alpha value is -0.910. The quantitative estimate of drug-likeness (QED) is 0.849. The Morgan fingerprint density at radius 1 is 1.20 bits per heavy atom. The van der Waals surface area contributed by atoms with Gasteiger partial charge in [0.15, 0.2) is 0 Å². The SMILES string of the molecule is Cc1ccc(S(=O)(=N[C@H](CO)C(C)C)[N+](C)(C)C)cc1. The molecule has 1 N–H and O–H groups in total. The van der Waals surface area contributed by atoms with Crippen molar-refractivity contribution in [3.8, 4) is 0 Å². The van der Waals surface area contributed by atoms with Gasteiger partial charge in [-0.15, -0.1) is 0 Å². The van der Waals surface area contributed by atoms with E-state index in [1.54, 1.807) is 0 Å². The van der Waals surface area contributed by atoms with Gasteiger partial charge in [-0.3, -0.25) is 0 Å². The molecule has 0 spiro atoms. The van der Waals surface area contributed by atoms with Crippen LogP contribution in [0.5, 0.6) is 0 Å². The molecule has 0 bridgehead atoms. The van der Waals surface area contributed by atoms with E-state index in [1.807, 2.05) is 66.2 Å². The first-order valence-corrected chi connectivity index (χ1v) is 8.34. The summed E-state index contributed by atoms with van der Waals surface area (Å²) in [6.07, 6.45) is 0. The number of nitrogens with zero attached hydrogens (tertiary/aromatic N) is 2. The zero-order valence-electron chi connectivity index (χ0n) is 13.3. The average Bonchev–Trinajstić information content (AvgIpc) is 2.34. The average molecular weight is 299 g/mol. The molecular formula is C15H27N2O2S+. The van der Waals surface area contributed by atoms with Crippen LogP contribution in [-0.4, -0.2) is 47.0 Å². The Labute approximate surface area is 123 Å². The second kappa shape index (κ2) is 6.24. The first-order chi connectivity index (χ1) is 9.11. The van der Waals surface area contributed by atoms with Crippen molar-refractivity contribution in [3.05, 3.63) is 29.8 Å². The zero-order valence-corrected chi connectivity index (χ0v) is 14.1. The van der Waals surface area contributed by atoms with Crippen LogP contribution in [0.25, 0.3) is 0 Å². The molecule has 1 aromatic carbocycles. The Morgan fingerprint density at radius 3 is 2.05 bits per heavy atom. The molecule has 0 saturated heterocycles. The molecule has 20 heavy (non-hydrogen) atoms. The van der Waals surface area contributed by atoms with Gasteiger partial charge in [0.05, 0.1) is 33.8 Å². The Kier molecular flexibility index (Phi) is 5.35. The fourth-order valence-electron chi connectivity index (χ4n) is 1.78. The normalized spacial score (nSPS) is 16.8. The highest BCUT2D eigenvalue weighted by Crippen LogP contribution is 2.24. The minimum absolute atomic E-state index is 0.0828. The van der Waals surface area contributed by atoms with Crippen LogP contribution in [0.3, 0.4) is 0 Å². The van der Waals surface area contributed by atoms with Gasteiger partial charge in [0, 0.05) is 0 Å². The maximum absolute atomic E-state index is 13.5. The number of quaternary nitrogens is 1. The minimum atomic E-state index is -2.65. The van der Waals surface area contributed by atoms with Crippen LogP contribution in [0.1, 0.15) is 19.4 Å². The van der Waals surface area contributed by atoms with Gasteiger partial charge in [0.2, 0.25) is 9.92 Å². The molecule has 0 fully saturated rings. The van der Waals surface area contributed by atoms with Gasteiger partial charge >= 0.3 is 0 Å². The van der Waals surface area contributed by atoms with Crippen LogP contribution in [0.2, 0.25) is 0 Å². The largest absolute Gasteiger partial charge is 0.394 e. The van der Waals surface area contributed by atoms with E-state index in [4.69, 9.17) is 0 Å². The van der Waals surface area contributed by atoms with Crippen molar-refractivity contribution in [1.29, 1.82) is 0 Å². The van der Waals surface area contributed by atoms with E-state index >= 15 is 0 Å². The second-order valence-electron chi connectivity index (χ2n) is 6.30. The standard InChI is InChI=1S/C15H27N2O2S/c1-12(2)15(11-18)16-20(19,17(4,5)6)14-9-7-13(3)8-10-14/h7-10,12,15,18H,11H2,1-6H3/q+1/t15-,20?/m1/s1. The molecule has 0 heterocycles. The van der Waals surface area contributed by atoms with E-state index in [0.29, 0.717) is 0 Å². The summed E-state index contributed by atoms with van der Waals surface area (Å²) in [6.45, 7) is 5.88. The maximum Gasteiger partial charge on any atom is 0.224 e. The monoisotopic (exact) mass is 299 g/mol. The van der Waals surface area contributed by atoms with Gasteiger partial charge in [-0.05, 0) is 25.0 Å². The molecule has 1 unspecified atom stereocenters. The number of aliphatic hydroxyl groups excluding tert-OH is 1. The lowest BCUT2D eigenvalue weighted by Gasteiger charge is -2.29. The predicted octanol–water partition coefficient (Wildman–Crippen LogP) is 2.46. The number of hydrogen-bond donors (Lipinski definition) is 1. The molecule has 0 radical (unpaired) electrons. The van der Waals surface area contributed by atoms with Crippen LogP contribution in [0, 0.1) is 12.8 Å². The summed E-state index contributed by atoms with van der Waals surface area (Å²) in [5, 5.41) is 9.49. The Balaban J connectivity index is 3.49. The molecule has 114 valence electrons. The van der Waals surface area contributed by atoms with E-state index in [-0.39, 0.29) is 22.5 Å². The Bertz CT molecular complexity index is 550. The van der Waals surface area contributed by atoms with Gasteiger partial charge in [0.25, 0.3) is 0 Å². The van der Waals surface area contributed by atoms with Crippen LogP contribution < -0.4 is 0 Å². The lowest BCUT2D eigenvalue weighted by atomic mass is 10.1. The van der Waals surface area contributed by atoms with Crippen LogP contribution in [0.4, 0.5) is 0 Å². The number of benzene rings is 1. The molecular weight excluding hydrogens is 272 g/mol. The zero-order chi connectivity index (χ0) is 15.6. The summed E-state index contributed by atoms with van der Waals surface area (Å²) in [7, 11) is 2.97. The lowest BCUT2D eigenvalue weighted by molar-refractivity contribution is -0.736. The number of hydrogen-bond acceptors (Lipinski definition) is 3. The van der Waals surface area contributed by atoms with E-state index in [2.05, 4.69) is 4.36 Å². The van der Waals surface area contributed by atoms with Crippen LogP contribution in [0.15, 0.2) is 33.5 Å². The molecule has 4 nitrogen and oxygen atoms in total. The van der Waals surface area contributed by atoms with Crippen molar-refractivity contribution < 1.29 is 13.2 Å². The molecule has 1 aromatic rings. The van der Waals surface area contributed by atoms with Crippen LogP contribution >= 0.6 is 0 Å². The molecule has 0 aliphatic rings. The van der Waals surface area contributed by atoms with E-state index in [0.717, 1.165) is 10.5 Å². The second-order valence-corrected chi connectivity index (χ2v) is 9.07. The van der Waals surface area contributed by atoms with Crippen molar-refractivity contribution in [3.63, 3.8) is 0 Å². The first kappa shape index (κ1) is 17.1. The summed E-state index contributed by atoms with van der Waals surface area (Å²) < 4.78 is 18.3. The van der Waals surface area contributed by atoms with E-state index in [1.165, 1.54) is 0 Å². The molecule has 0 aromatic heterocycles. The van der Waals surface area contributed by atoms with Gasteiger partial charge in [0.1, 0.15) is 4.90 Å². The topological polar surface area (TPSA) is 49.7 Å². The third-order valence-corrected chi connectivity index (χ3v) is 6.23. The van der Waals surface area contributed by atoms with Crippen molar-refractivity contribution in [2.45, 2.75) is 31.7 Å². The lowest BCUT2D eigenvalue weighted by Crippen LogP contribution is -2.42. The summed E-state index contributed by atoms with van der Waals surface area (Å²) in [6, 6.07) is 7.33. The molecule has 0 aliphatic heterocycles.